The molecule has 106 valence electrons. The molecule has 0 bridgehead atoms. The van der Waals surface area contributed by atoms with Crippen molar-refractivity contribution in [3.8, 4) is 0 Å². The van der Waals surface area contributed by atoms with Crippen LogP contribution in [-0.2, 0) is 22.3 Å². The highest BCUT2D eigenvalue weighted by molar-refractivity contribution is 7.83. The lowest BCUT2D eigenvalue weighted by molar-refractivity contribution is 0.591. The second kappa shape index (κ2) is 5.57. The summed E-state index contributed by atoms with van der Waals surface area (Å²) in [6.45, 7) is 0. The predicted octanol–water partition coefficient (Wildman–Crippen LogP) is 2.25. The monoisotopic (exact) mass is 314 g/mol. The maximum atomic E-state index is 12.9. The minimum absolute atomic E-state index is 0.261. The van der Waals surface area contributed by atoms with Gasteiger partial charge in [-0.3, -0.25) is 4.21 Å². The second-order valence-corrected chi connectivity index (χ2v) is 6.60. The van der Waals surface area contributed by atoms with E-state index < -0.39 is 16.6 Å². The lowest BCUT2D eigenvalue weighted by Gasteiger charge is -2.05. The summed E-state index contributed by atoms with van der Waals surface area (Å²) in [7, 11) is -1.19. The lowest BCUT2D eigenvalue weighted by Crippen LogP contribution is -2.08. The van der Waals surface area contributed by atoms with Crippen LogP contribution >= 0.6 is 11.6 Å². The number of tetrazole rings is 1. The van der Waals surface area contributed by atoms with Crippen LogP contribution in [0.3, 0.4) is 0 Å². The fourth-order valence-corrected chi connectivity index (χ4v) is 3.41. The SMILES string of the molecule is O=[S@@](Cc1ccc(F)cc1Cl)Cc1nnnn1C1CC1. The summed E-state index contributed by atoms with van der Waals surface area (Å²) < 4.78 is 26.9. The molecule has 1 aromatic carbocycles. The highest BCUT2D eigenvalue weighted by Gasteiger charge is 2.28. The zero-order valence-corrected chi connectivity index (χ0v) is 12.1. The summed E-state index contributed by atoms with van der Waals surface area (Å²) in [6.07, 6.45) is 2.13. The van der Waals surface area contributed by atoms with E-state index in [9.17, 15) is 8.60 Å². The molecule has 1 heterocycles. The zero-order valence-electron chi connectivity index (χ0n) is 10.5. The first-order valence-corrected chi connectivity index (χ1v) is 8.06. The first-order valence-electron chi connectivity index (χ1n) is 6.19. The second-order valence-electron chi connectivity index (χ2n) is 4.74. The van der Waals surface area contributed by atoms with Crippen molar-refractivity contribution in [3.63, 3.8) is 0 Å². The third-order valence-corrected chi connectivity index (χ3v) is 4.64. The quantitative estimate of drug-likeness (QED) is 0.849. The molecule has 2 aromatic rings. The number of halogens is 2. The van der Waals surface area contributed by atoms with Crippen LogP contribution in [0.1, 0.15) is 30.3 Å². The lowest BCUT2D eigenvalue weighted by atomic mass is 10.2. The number of rotatable bonds is 5. The van der Waals surface area contributed by atoms with Crippen molar-refractivity contribution in [1.82, 2.24) is 20.2 Å². The Balaban J connectivity index is 1.68. The molecule has 1 aliphatic rings. The molecule has 1 atom stereocenters. The molecule has 0 amide bonds. The van der Waals surface area contributed by atoms with E-state index in [0.29, 0.717) is 22.5 Å². The molecule has 20 heavy (non-hydrogen) atoms. The van der Waals surface area contributed by atoms with Crippen molar-refractivity contribution >= 4 is 22.4 Å². The standard InChI is InChI=1S/C12H12ClFN4OS/c13-11-5-9(14)2-1-8(11)6-20(19)7-12-15-16-17-18(12)10-3-4-10/h1-2,5,10H,3-4,6-7H2/t20-/m0/s1. The fourth-order valence-electron chi connectivity index (χ4n) is 1.92. The number of aromatic nitrogens is 4. The highest BCUT2D eigenvalue weighted by atomic mass is 35.5. The maximum absolute atomic E-state index is 12.9. The van der Waals surface area contributed by atoms with Crippen LogP contribution in [0.4, 0.5) is 4.39 Å². The Hall–Kier alpha value is -1.34. The predicted molar refractivity (Wildman–Crippen MR) is 73.0 cm³/mol. The van der Waals surface area contributed by atoms with E-state index in [1.807, 2.05) is 0 Å². The average molecular weight is 315 g/mol. The van der Waals surface area contributed by atoms with Crippen LogP contribution in [0, 0.1) is 5.82 Å². The Morgan fingerprint density at radius 3 is 2.90 bits per heavy atom. The van der Waals surface area contributed by atoms with Crippen LogP contribution in [0.5, 0.6) is 0 Å². The highest BCUT2D eigenvalue weighted by Crippen LogP contribution is 2.34. The molecule has 0 saturated heterocycles. The van der Waals surface area contributed by atoms with E-state index in [1.54, 1.807) is 10.7 Å². The first kappa shape index (κ1) is 13.6. The molecule has 1 aromatic heterocycles. The van der Waals surface area contributed by atoms with Crippen molar-refractivity contribution in [2.45, 2.75) is 30.4 Å². The average Bonchev–Trinajstić information content (AvgIpc) is 3.14. The normalized spacial score (nSPS) is 16.3. The van der Waals surface area contributed by atoms with Gasteiger partial charge in [0, 0.05) is 15.8 Å². The number of hydrogen-bond acceptors (Lipinski definition) is 4. The van der Waals surface area contributed by atoms with Crippen molar-refractivity contribution in [2.24, 2.45) is 0 Å². The topological polar surface area (TPSA) is 60.7 Å². The van der Waals surface area contributed by atoms with E-state index >= 15 is 0 Å². The third-order valence-electron chi connectivity index (χ3n) is 3.08. The molecular weight excluding hydrogens is 303 g/mol. The number of nitrogens with zero attached hydrogens (tertiary/aromatic N) is 4. The zero-order chi connectivity index (χ0) is 14.1. The summed E-state index contributed by atoms with van der Waals surface area (Å²) in [5, 5.41) is 11.7. The largest absolute Gasteiger partial charge is 0.259 e. The van der Waals surface area contributed by atoms with Crippen molar-refractivity contribution < 1.29 is 8.60 Å². The Bertz CT molecular complexity index is 659. The van der Waals surface area contributed by atoms with E-state index in [-0.39, 0.29) is 11.5 Å². The van der Waals surface area contributed by atoms with Gasteiger partial charge in [0.15, 0.2) is 5.82 Å². The van der Waals surface area contributed by atoms with Crippen LogP contribution in [0.2, 0.25) is 5.02 Å². The van der Waals surface area contributed by atoms with Gasteiger partial charge in [-0.15, -0.1) is 5.10 Å². The van der Waals surface area contributed by atoms with Crippen LogP contribution < -0.4 is 0 Å². The van der Waals surface area contributed by atoms with Gasteiger partial charge in [0.2, 0.25) is 0 Å². The molecule has 0 unspecified atom stereocenters. The Morgan fingerprint density at radius 1 is 1.40 bits per heavy atom. The smallest absolute Gasteiger partial charge is 0.164 e. The molecule has 1 aliphatic carbocycles. The molecule has 0 N–H and O–H groups in total. The van der Waals surface area contributed by atoms with Crippen molar-refractivity contribution in [3.05, 3.63) is 40.4 Å². The van der Waals surface area contributed by atoms with Gasteiger partial charge in [-0.1, -0.05) is 17.7 Å². The molecule has 0 spiro atoms. The van der Waals surface area contributed by atoms with Gasteiger partial charge in [0.05, 0.1) is 17.5 Å². The van der Waals surface area contributed by atoms with E-state index in [1.165, 1.54) is 12.1 Å². The van der Waals surface area contributed by atoms with Crippen LogP contribution in [-0.4, -0.2) is 24.4 Å². The fraction of sp³-hybridized carbons (Fsp3) is 0.417. The third kappa shape index (κ3) is 3.04. The Kier molecular flexibility index (Phi) is 3.80. The minimum atomic E-state index is -1.19. The van der Waals surface area contributed by atoms with E-state index in [0.717, 1.165) is 12.8 Å². The molecule has 0 aliphatic heterocycles. The summed E-state index contributed by atoms with van der Waals surface area (Å²) in [4.78, 5) is 0. The van der Waals surface area contributed by atoms with E-state index in [4.69, 9.17) is 11.6 Å². The van der Waals surface area contributed by atoms with E-state index in [2.05, 4.69) is 15.5 Å². The number of benzene rings is 1. The molecule has 3 rings (SSSR count). The van der Waals surface area contributed by atoms with Gasteiger partial charge in [0.1, 0.15) is 5.82 Å². The van der Waals surface area contributed by atoms with Crippen molar-refractivity contribution in [2.75, 3.05) is 0 Å². The summed E-state index contributed by atoms with van der Waals surface area (Å²) in [6, 6.07) is 4.44. The van der Waals surface area contributed by atoms with Gasteiger partial charge in [-0.2, -0.15) is 0 Å². The minimum Gasteiger partial charge on any atom is -0.259 e. The first-order chi connectivity index (χ1) is 9.63. The molecule has 0 radical (unpaired) electrons. The molecule has 1 fully saturated rings. The molecular formula is C12H12ClFN4OS. The van der Waals surface area contributed by atoms with Gasteiger partial charge in [-0.05, 0) is 41.0 Å². The number of hydrogen-bond donors (Lipinski definition) is 0. The molecule has 8 heteroatoms. The summed E-state index contributed by atoms with van der Waals surface area (Å²) in [5.41, 5.74) is 0.664. The maximum Gasteiger partial charge on any atom is 0.164 e. The van der Waals surface area contributed by atoms with Crippen LogP contribution in [0.15, 0.2) is 18.2 Å². The van der Waals surface area contributed by atoms with Gasteiger partial charge in [0.25, 0.3) is 0 Å². The molecule has 5 nitrogen and oxygen atoms in total. The summed E-state index contributed by atoms with van der Waals surface area (Å²) >= 11 is 5.93. The van der Waals surface area contributed by atoms with Gasteiger partial charge >= 0.3 is 0 Å². The Labute approximate surface area is 122 Å². The van der Waals surface area contributed by atoms with Crippen molar-refractivity contribution in [1.29, 1.82) is 0 Å². The summed E-state index contributed by atoms with van der Waals surface area (Å²) in [5.74, 6) is 0.764. The van der Waals surface area contributed by atoms with Gasteiger partial charge < -0.3 is 0 Å². The van der Waals surface area contributed by atoms with Crippen LogP contribution in [0.25, 0.3) is 0 Å². The van der Waals surface area contributed by atoms with Gasteiger partial charge in [-0.25, -0.2) is 9.07 Å². The Morgan fingerprint density at radius 2 is 2.20 bits per heavy atom. The molecule has 1 saturated carbocycles.